The van der Waals surface area contributed by atoms with Crippen LogP contribution in [0.2, 0.25) is 5.02 Å². The van der Waals surface area contributed by atoms with Crippen molar-refractivity contribution in [1.82, 2.24) is 10.2 Å². The Balaban J connectivity index is 2.23. The molecular weight excluding hydrogens is 260 g/mol. The zero-order valence-corrected chi connectivity index (χ0v) is 12.3. The molecule has 0 saturated carbocycles. The van der Waals surface area contributed by atoms with Crippen molar-refractivity contribution in [2.24, 2.45) is 0 Å². The molecule has 4 heteroatoms. The molecule has 0 spiro atoms. The number of hydrogen-bond donors (Lipinski definition) is 1. The van der Waals surface area contributed by atoms with E-state index in [9.17, 15) is 4.79 Å². The molecule has 3 nitrogen and oxygen atoms in total. The largest absolute Gasteiger partial charge is 0.341 e. The zero-order valence-electron chi connectivity index (χ0n) is 11.6. The summed E-state index contributed by atoms with van der Waals surface area (Å²) >= 11 is 6.24. The zero-order chi connectivity index (χ0) is 13.9. The lowest BCUT2D eigenvalue weighted by Gasteiger charge is -2.32. The summed E-state index contributed by atoms with van der Waals surface area (Å²) < 4.78 is 0. The predicted molar refractivity (Wildman–Crippen MR) is 78.5 cm³/mol. The van der Waals surface area contributed by atoms with Gasteiger partial charge in [-0.3, -0.25) is 4.79 Å². The molecule has 0 atom stereocenters. The van der Waals surface area contributed by atoms with Gasteiger partial charge < -0.3 is 10.2 Å². The van der Waals surface area contributed by atoms with Gasteiger partial charge in [-0.25, -0.2) is 0 Å². The molecule has 19 heavy (non-hydrogen) atoms. The third kappa shape index (κ3) is 3.10. The fourth-order valence-corrected chi connectivity index (χ4v) is 2.90. The second-order valence-electron chi connectivity index (χ2n) is 5.50. The quantitative estimate of drug-likeness (QED) is 0.902. The van der Waals surface area contributed by atoms with Gasteiger partial charge in [0.05, 0.1) is 5.41 Å². The maximum Gasteiger partial charge on any atom is 0.232 e. The number of hydrogen-bond acceptors (Lipinski definition) is 2. The Labute approximate surface area is 119 Å². The molecule has 0 unspecified atom stereocenters. The molecule has 1 heterocycles. The first-order valence-corrected chi connectivity index (χ1v) is 7.16. The number of rotatable bonds is 2. The summed E-state index contributed by atoms with van der Waals surface area (Å²) in [5.41, 5.74) is 0.321. The molecule has 1 aliphatic rings. The van der Waals surface area contributed by atoms with Crippen LogP contribution < -0.4 is 5.32 Å². The van der Waals surface area contributed by atoms with Crippen LogP contribution in [0.5, 0.6) is 0 Å². The van der Waals surface area contributed by atoms with Crippen molar-refractivity contribution in [2.75, 3.05) is 26.2 Å². The van der Waals surface area contributed by atoms with E-state index < -0.39 is 5.41 Å². The second kappa shape index (κ2) is 5.93. The van der Waals surface area contributed by atoms with Crippen molar-refractivity contribution >= 4 is 17.5 Å². The van der Waals surface area contributed by atoms with Gasteiger partial charge in [-0.05, 0) is 38.4 Å². The lowest BCUT2D eigenvalue weighted by atomic mass is 9.83. The molecular formula is C15H21ClN2O. The van der Waals surface area contributed by atoms with Crippen LogP contribution in [0.15, 0.2) is 24.3 Å². The molecule has 1 amide bonds. The average Bonchev–Trinajstić information content (AvgIpc) is 2.67. The van der Waals surface area contributed by atoms with Crippen LogP contribution in [0.1, 0.15) is 25.8 Å². The van der Waals surface area contributed by atoms with Gasteiger partial charge in [0.2, 0.25) is 5.91 Å². The molecule has 0 aliphatic carbocycles. The normalized spacial score (nSPS) is 17.1. The molecule has 1 aromatic carbocycles. The first-order valence-electron chi connectivity index (χ1n) is 6.78. The average molecular weight is 281 g/mol. The summed E-state index contributed by atoms with van der Waals surface area (Å²) in [6.07, 6.45) is 1.00. The van der Waals surface area contributed by atoms with Gasteiger partial charge in [0.25, 0.3) is 0 Å². The number of carbonyl (C=O) groups excluding carboxylic acids is 1. The van der Waals surface area contributed by atoms with Crippen molar-refractivity contribution < 1.29 is 4.79 Å². The number of benzene rings is 1. The molecule has 1 aliphatic heterocycles. The number of nitrogens with one attached hydrogen (secondary N) is 1. The maximum absolute atomic E-state index is 12.8. The molecule has 2 rings (SSSR count). The van der Waals surface area contributed by atoms with Crippen LogP contribution in [0.25, 0.3) is 0 Å². The van der Waals surface area contributed by atoms with E-state index in [1.165, 1.54) is 0 Å². The molecule has 1 fully saturated rings. The predicted octanol–water partition coefficient (Wildman–Crippen LogP) is 2.44. The summed E-state index contributed by atoms with van der Waals surface area (Å²) in [5.74, 6) is 0.157. The Kier molecular flexibility index (Phi) is 4.48. The SMILES string of the molecule is CC(C)(C(=O)N1CCCNCC1)c1ccccc1Cl. The van der Waals surface area contributed by atoms with Gasteiger partial charge in [-0.15, -0.1) is 0 Å². The third-order valence-electron chi connectivity index (χ3n) is 3.71. The Bertz CT molecular complexity index is 451. The number of halogens is 1. The smallest absolute Gasteiger partial charge is 0.232 e. The van der Waals surface area contributed by atoms with Crippen LogP contribution in [-0.2, 0) is 10.2 Å². The van der Waals surface area contributed by atoms with Gasteiger partial charge >= 0.3 is 0 Å². The van der Waals surface area contributed by atoms with Crippen LogP contribution >= 0.6 is 11.6 Å². The summed E-state index contributed by atoms with van der Waals surface area (Å²) in [6.45, 7) is 7.34. The van der Waals surface area contributed by atoms with E-state index in [0.717, 1.165) is 38.2 Å². The Hall–Kier alpha value is -1.06. The lowest BCUT2D eigenvalue weighted by molar-refractivity contribution is -0.136. The van der Waals surface area contributed by atoms with Crippen LogP contribution in [0.3, 0.4) is 0 Å². The molecule has 0 aromatic heterocycles. The van der Waals surface area contributed by atoms with E-state index in [0.29, 0.717) is 5.02 Å². The first kappa shape index (κ1) is 14.4. The second-order valence-corrected chi connectivity index (χ2v) is 5.91. The molecule has 1 saturated heterocycles. The summed E-state index contributed by atoms with van der Waals surface area (Å²) in [6, 6.07) is 7.61. The monoisotopic (exact) mass is 280 g/mol. The number of nitrogens with zero attached hydrogens (tertiary/aromatic N) is 1. The Morgan fingerprint density at radius 3 is 2.74 bits per heavy atom. The van der Waals surface area contributed by atoms with Crippen molar-refractivity contribution in [3.8, 4) is 0 Å². The van der Waals surface area contributed by atoms with Crippen LogP contribution in [0.4, 0.5) is 0 Å². The Morgan fingerprint density at radius 2 is 2.00 bits per heavy atom. The minimum Gasteiger partial charge on any atom is -0.341 e. The van der Waals surface area contributed by atoms with E-state index >= 15 is 0 Å². The van der Waals surface area contributed by atoms with Gasteiger partial charge in [0.15, 0.2) is 0 Å². The van der Waals surface area contributed by atoms with Crippen LogP contribution in [0, 0.1) is 0 Å². The highest BCUT2D eigenvalue weighted by Crippen LogP contribution is 2.31. The molecule has 0 radical (unpaired) electrons. The van der Waals surface area contributed by atoms with Crippen molar-refractivity contribution in [3.05, 3.63) is 34.9 Å². The highest BCUT2D eigenvalue weighted by molar-refractivity contribution is 6.31. The van der Waals surface area contributed by atoms with Gasteiger partial charge in [-0.1, -0.05) is 29.8 Å². The minimum absolute atomic E-state index is 0.157. The topological polar surface area (TPSA) is 32.3 Å². The summed E-state index contributed by atoms with van der Waals surface area (Å²) in [7, 11) is 0. The van der Waals surface area contributed by atoms with E-state index in [-0.39, 0.29) is 5.91 Å². The molecule has 1 N–H and O–H groups in total. The van der Waals surface area contributed by atoms with Gasteiger partial charge in [-0.2, -0.15) is 0 Å². The van der Waals surface area contributed by atoms with E-state index in [1.54, 1.807) is 0 Å². The van der Waals surface area contributed by atoms with E-state index in [4.69, 9.17) is 11.6 Å². The van der Waals surface area contributed by atoms with E-state index in [1.807, 2.05) is 43.0 Å². The molecule has 104 valence electrons. The lowest BCUT2D eigenvalue weighted by Crippen LogP contribution is -2.45. The van der Waals surface area contributed by atoms with Crippen molar-refractivity contribution in [1.29, 1.82) is 0 Å². The Morgan fingerprint density at radius 1 is 1.26 bits per heavy atom. The van der Waals surface area contributed by atoms with Crippen molar-refractivity contribution in [3.63, 3.8) is 0 Å². The fourth-order valence-electron chi connectivity index (χ4n) is 2.53. The number of amides is 1. The standard InChI is InChI=1S/C15H21ClN2O/c1-15(2,12-6-3-4-7-13(12)16)14(19)18-10-5-8-17-9-11-18/h3-4,6-7,17H,5,8-11H2,1-2H3. The summed E-state index contributed by atoms with van der Waals surface area (Å²) in [5, 5.41) is 3.98. The fraction of sp³-hybridized carbons (Fsp3) is 0.533. The highest BCUT2D eigenvalue weighted by Gasteiger charge is 2.35. The third-order valence-corrected chi connectivity index (χ3v) is 4.04. The van der Waals surface area contributed by atoms with Gasteiger partial charge in [0.1, 0.15) is 0 Å². The number of carbonyl (C=O) groups is 1. The van der Waals surface area contributed by atoms with Crippen molar-refractivity contribution in [2.45, 2.75) is 25.7 Å². The summed E-state index contributed by atoms with van der Waals surface area (Å²) in [4.78, 5) is 14.7. The maximum atomic E-state index is 12.8. The molecule has 1 aromatic rings. The first-order chi connectivity index (χ1) is 9.03. The molecule has 0 bridgehead atoms. The van der Waals surface area contributed by atoms with Gasteiger partial charge in [0, 0.05) is 24.7 Å². The van der Waals surface area contributed by atoms with Crippen LogP contribution in [-0.4, -0.2) is 37.0 Å². The van der Waals surface area contributed by atoms with E-state index in [2.05, 4.69) is 5.32 Å². The highest BCUT2D eigenvalue weighted by atomic mass is 35.5. The minimum atomic E-state index is -0.581.